The number of alkyl halides is 1. The van der Waals surface area contributed by atoms with Crippen LogP contribution < -0.4 is 5.32 Å². The van der Waals surface area contributed by atoms with E-state index in [0.29, 0.717) is 18.7 Å². The second-order valence-electron chi connectivity index (χ2n) is 3.15. The Labute approximate surface area is 96.8 Å². The molecule has 0 radical (unpaired) electrons. The molecule has 0 saturated heterocycles. The lowest BCUT2D eigenvalue weighted by Crippen LogP contribution is -2.21. The molecule has 0 saturated carbocycles. The Morgan fingerprint density at radius 1 is 1.57 bits per heavy atom. The third-order valence-corrected chi connectivity index (χ3v) is 2.40. The second kappa shape index (κ2) is 5.69. The van der Waals surface area contributed by atoms with Gasteiger partial charge in [0, 0.05) is 28.5 Å². The van der Waals surface area contributed by atoms with Crippen molar-refractivity contribution in [2.75, 3.05) is 6.54 Å². The smallest absolute Gasteiger partial charge is 0.128 e. The van der Waals surface area contributed by atoms with Gasteiger partial charge in [-0.25, -0.2) is 4.39 Å². The summed E-state index contributed by atoms with van der Waals surface area (Å²) >= 11 is 8.95. The van der Waals surface area contributed by atoms with E-state index in [0.717, 1.165) is 4.47 Å². The van der Waals surface area contributed by atoms with Gasteiger partial charge in [-0.3, -0.25) is 0 Å². The molecule has 1 unspecified atom stereocenters. The highest BCUT2D eigenvalue weighted by Gasteiger charge is 2.02. The molecule has 0 aliphatic carbocycles. The first-order valence-corrected chi connectivity index (χ1v) is 5.61. The Morgan fingerprint density at radius 2 is 2.29 bits per heavy atom. The normalized spacial score (nSPS) is 12.9. The first kappa shape index (κ1) is 12.0. The van der Waals surface area contributed by atoms with Crippen LogP contribution in [0.4, 0.5) is 4.39 Å². The first-order chi connectivity index (χ1) is 6.59. The van der Waals surface area contributed by atoms with Crippen molar-refractivity contribution in [1.82, 2.24) is 5.32 Å². The Hall–Kier alpha value is -0.120. The van der Waals surface area contributed by atoms with Crippen molar-refractivity contribution in [1.29, 1.82) is 0 Å². The van der Waals surface area contributed by atoms with Crippen LogP contribution >= 0.6 is 27.5 Å². The van der Waals surface area contributed by atoms with Crippen LogP contribution in [0.2, 0.25) is 0 Å². The summed E-state index contributed by atoms with van der Waals surface area (Å²) in [6.45, 7) is 3.08. The molecule has 14 heavy (non-hydrogen) atoms. The molecule has 4 heteroatoms. The van der Waals surface area contributed by atoms with Crippen LogP contribution in [-0.2, 0) is 6.54 Å². The lowest BCUT2D eigenvalue weighted by molar-refractivity contribution is 0.586. The van der Waals surface area contributed by atoms with Crippen molar-refractivity contribution >= 4 is 27.5 Å². The summed E-state index contributed by atoms with van der Waals surface area (Å²) in [5, 5.41) is 3.14. The maximum absolute atomic E-state index is 13.3. The minimum absolute atomic E-state index is 0.0634. The second-order valence-corrected chi connectivity index (χ2v) is 4.81. The van der Waals surface area contributed by atoms with E-state index in [4.69, 9.17) is 11.6 Å². The van der Waals surface area contributed by atoms with E-state index in [2.05, 4.69) is 21.2 Å². The molecule has 0 aliphatic heterocycles. The molecule has 0 amide bonds. The monoisotopic (exact) mass is 279 g/mol. The highest BCUT2D eigenvalue weighted by atomic mass is 79.9. The fourth-order valence-corrected chi connectivity index (χ4v) is 1.51. The highest BCUT2D eigenvalue weighted by Crippen LogP contribution is 2.14. The molecule has 1 rings (SSSR count). The van der Waals surface area contributed by atoms with Gasteiger partial charge in [-0.1, -0.05) is 22.0 Å². The maximum atomic E-state index is 13.3. The molecule has 1 atom stereocenters. The van der Waals surface area contributed by atoms with Crippen molar-refractivity contribution in [3.05, 3.63) is 34.1 Å². The van der Waals surface area contributed by atoms with Crippen LogP contribution in [0.5, 0.6) is 0 Å². The summed E-state index contributed by atoms with van der Waals surface area (Å²) in [7, 11) is 0. The summed E-state index contributed by atoms with van der Waals surface area (Å²) in [5.41, 5.74) is 0.658. The fraction of sp³-hybridized carbons (Fsp3) is 0.400. The minimum Gasteiger partial charge on any atom is -0.311 e. The third kappa shape index (κ3) is 3.95. The molecular weight excluding hydrogens is 268 g/mol. The molecule has 1 aromatic carbocycles. The summed E-state index contributed by atoms with van der Waals surface area (Å²) < 4.78 is 14.0. The number of nitrogens with one attached hydrogen (secondary N) is 1. The first-order valence-electron chi connectivity index (χ1n) is 4.38. The molecule has 0 fully saturated rings. The maximum Gasteiger partial charge on any atom is 0.128 e. The summed E-state index contributed by atoms with van der Waals surface area (Å²) in [5.74, 6) is -0.200. The zero-order valence-corrected chi connectivity index (χ0v) is 10.2. The zero-order chi connectivity index (χ0) is 10.6. The van der Waals surface area contributed by atoms with Crippen LogP contribution in [0.3, 0.4) is 0 Å². The standard InChI is InChI=1S/C10H12BrClFN/c1-7(12)5-14-6-8-2-3-9(11)4-10(8)13/h2-4,7,14H,5-6H2,1H3. The van der Waals surface area contributed by atoms with Crippen molar-refractivity contribution < 1.29 is 4.39 Å². The fourth-order valence-electron chi connectivity index (χ4n) is 1.07. The van der Waals surface area contributed by atoms with Gasteiger partial charge in [0.1, 0.15) is 5.82 Å². The predicted molar refractivity (Wildman–Crippen MR) is 61.1 cm³/mol. The number of benzene rings is 1. The number of hydrogen-bond donors (Lipinski definition) is 1. The average Bonchev–Trinajstić information content (AvgIpc) is 2.08. The molecule has 0 aromatic heterocycles. The molecule has 0 spiro atoms. The van der Waals surface area contributed by atoms with Crippen molar-refractivity contribution in [2.45, 2.75) is 18.8 Å². The van der Waals surface area contributed by atoms with Gasteiger partial charge in [0.05, 0.1) is 0 Å². The van der Waals surface area contributed by atoms with Crippen LogP contribution in [0.25, 0.3) is 0 Å². The highest BCUT2D eigenvalue weighted by molar-refractivity contribution is 9.10. The van der Waals surface area contributed by atoms with Crippen molar-refractivity contribution in [2.24, 2.45) is 0 Å². The number of halogens is 3. The van der Waals surface area contributed by atoms with Crippen LogP contribution in [0, 0.1) is 5.82 Å². The molecule has 1 N–H and O–H groups in total. The summed E-state index contributed by atoms with van der Waals surface area (Å²) in [6.07, 6.45) is 0. The SMILES string of the molecule is CC(Cl)CNCc1ccc(Br)cc1F. The van der Waals surface area contributed by atoms with Gasteiger partial charge in [-0.15, -0.1) is 11.6 Å². The van der Waals surface area contributed by atoms with E-state index < -0.39 is 0 Å². The zero-order valence-electron chi connectivity index (χ0n) is 7.86. The van der Waals surface area contributed by atoms with Crippen molar-refractivity contribution in [3.8, 4) is 0 Å². The van der Waals surface area contributed by atoms with E-state index in [9.17, 15) is 4.39 Å². The molecule has 0 aliphatic rings. The molecular formula is C10H12BrClFN. The largest absolute Gasteiger partial charge is 0.311 e. The average molecular weight is 281 g/mol. The third-order valence-electron chi connectivity index (χ3n) is 1.76. The van der Waals surface area contributed by atoms with Gasteiger partial charge in [0.2, 0.25) is 0 Å². The Balaban J connectivity index is 2.51. The summed E-state index contributed by atoms with van der Waals surface area (Å²) in [4.78, 5) is 0. The van der Waals surface area contributed by atoms with Gasteiger partial charge in [0.25, 0.3) is 0 Å². The van der Waals surface area contributed by atoms with Crippen LogP contribution in [-0.4, -0.2) is 11.9 Å². The van der Waals surface area contributed by atoms with E-state index in [1.807, 2.05) is 13.0 Å². The topological polar surface area (TPSA) is 12.0 Å². The van der Waals surface area contributed by atoms with Gasteiger partial charge in [-0.05, 0) is 19.1 Å². The van der Waals surface area contributed by atoms with Gasteiger partial charge in [0.15, 0.2) is 0 Å². The number of rotatable bonds is 4. The van der Waals surface area contributed by atoms with Crippen molar-refractivity contribution in [3.63, 3.8) is 0 Å². The molecule has 1 aromatic rings. The Kier molecular flexibility index (Phi) is 4.85. The Bertz CT molecular complexity index is 304. The molecule has 1 nitrogen and oxygen atoms in total. The lowest BCUT2D eigenvalue weighted by atomic mass is 10.2. The van der Waals surface area contributed by atoms with E-state index >= 15 is 0 Å². The molecule has 0 heterocycles. The van der Waals surface area contributed by atoms with Crippen LogP contribution in [0.15, 0.2) is 22.7 Å². The lowest BCUT2D eigenvalue weighted by Gasteiger charge is -2.07. The van der Waals surface area contributed by atoms with Gasteiger partial charge >= 0.3 is 0 Å². The predicted octanol–water partition coefficient (Wildman–Crippen LogP) is 3.31. The van der Waals surface area contributed by atoms with E-state index in [1.54, 1.807) is 6.07 Å². The minimum atomic E-state index is -0.200. The Morgan fingerprint density at radius 3 is 2.86 bits per heavy atom. The van der Waals surface area contributed by atoms with E-state index in [-0.39, 0.29) is 11.2 Å². The molecule has 0 bridgehead atoms. The summed E-state index contributed by atoms with van der Waals surface area (Å²) in [6, 6.07) is 5.04. The van der Waals surface area contributed by atoms with E-state index in [1.165, 1.54) is 6.07 Å². The molecule has 78 valence electrons. The number of hydrogen-bond acceptors (Lipinski definition) is 1. The van der Waals surface area contributed by atoms with Gasteiger partial charge < -0.3 is 5.32 Å². The van der Waals surface area contributed by atoms with Gasteiger partial charge in [-0.2, -0.15) is 0 Å². The van der Waals surface area contributed by atoms with Crippen LogP contribution in [0.1, 0.15) is 12.5 Å². The quantitative estimate of drug-likeness (QED) is 0.835.